The molecule has 0 radical (unpaired) electrons. The summed E-state index contributed by atoms with van der Waals surface area (Å²) < 4.78 is 1.85. The average Bonchev–Trinajstić information content (AvgIpc) is 2.86. The molecule has 1 amide bonds. The number of hydrogen-bond donors (Lipinski definition) is 2. The van der Waals surface area contributed by atoms with E-state index in [1.807, 2.05) is 23.9 Å². The van der Waals surface area contributed by atoms with Gasteiger partial charge in [-0.2, -0.15) is 5.10 Å². The average molecular weight is 317 g/mol. The zero-order valence-corrected chi connectivity index (χ0v) is 13.9. The molecule has 1 aromatic heterocycles. The number of aliphatic hydroxyl groups is 1. The van der Waals surface area contributed by atoms with E-state index in [-0.39, 0.29) is 17.4 Å². The molecule has 5 heteroatoms. The van der Waals surface area contributed by atoms with Gasteiger partial charge < -0.3 is 10.4 Å². The monoisotopic (exact) mass is 317 g/mol. The van der Waals surface area contributed by atoms with Gasteiger partial charge in [0.1, 0.15) is 0 Å². The van der Waals surface area contributed by atoms with Gasteiger partial charge in [-0.25, -0.2) is 0 Å². The molecule has 4 aliphatic rings. The Balaban J connectivity index is 1.37. The van der Waals surface area contributed by atoms with Gasteiger partial charge in [0.25, 0.3) is 0 Å². The molecule has 4 aliphatic carbocycles. The van der Waals surface area contributed by atoms with E-state index in [2.05, 4.69) is 10.4 Å². The van der Waals surface area contributed by atoms with Gasteiger partial charge in [0.05, 0.1) is 12.1 Å². The Morgan fingerprint density at radius 1 is 1.39 bits per heavy atom. The molecule has 0 spiro atoms. The van der Waals surface area contributed by atoms with Gasteiger partial charge in [0.15, 0.2) is 0 Å². The minimum absolute atomic E-state index is 0.0499. The molecule has 0 aromatic carbocycles. The molecule has 5 rings (SSSR count). The van der Waals surface area contributed by atoms with E-state index < -0.39 is 5.60 Å². The van der Waals surface area contributed by atoms with Gasteiger partial charge in [0, 0.05) is 24.9 Å². The van der Waals surface area contributed by atoms with Crippen molar-refractivity contribution in [1.29, 1.82) is 0 Å². The summed E-state index contributed by atoms with van der Waals surface area (Å²) in [4.78, 5) is 12.5. The summed E-state index contributed by atoms with van der Waals surface area (Å²) >= 11 is 0. The molecule has 5 nitrogen and oxygen atoms in total. The first-order valence-electron chi connectivity index (χ1n) is 8.93. The van der Waals surface area contributed by atoms with Crippen molar-refractivity contribution >= 4 is 5.91 Å². The molecule has 1 aromatic rings. The van der Waals surface area contributed by atoms with Gasteiger partial charge in [0.2, 0.25) is 5.91 Å². The highest BCUT2D eigenvalue weighted by molar-refractivity contribution is 5.77. The molecule has 4 bridgehead atoms. The van der Waals surface area contributed by atoms with Crippen LogP contribution in [0.25, 0.3) is 0 Å². The van der Waals surface area contributed by atoms with Crippen molar-refractivity contribution in [2.24, 2.45) is 17.3 Å². The largest absolute Gasteiger partial charge is 0.390 e. The second kappa shape index (κ2) is 5.33. The first kappa shape index (κ1) is 15.2. The van der Waals surface area contributed by atoms with E-state index in [1.165, 1.54) is 6.42 Å². The number of hydrogen-bond acceptors (Lipinski definition) is 3. The van der Waals surface area contributed by atoms with Crippen LogP contribution in [0.3, 0.4) is 0 Å². The number of nitrogens with zero attached hydrogens (tertiary/aromatic N) is 2. The minimum Gasteiger partial charge on any atom is -0.390 e. The third kappa shape index (κ3) is 3.03. The van der Waals surface area contributed by atoms with Crippen LogP contribution in [-0.2, 0) is 11.3 Å². The zero-order valence-electron chi connectivity index (χ0n) is 13.9. The van der Waals surface area contributed by atoms with Crippen molar-refractivity contribution in [3.63, 3.8) is 0 Å². The van der Waals surface area contributed by atoms with E-state index in [0.29, 0.717) is 24.8 Å². The summed E-state index contributed by atoms with van der Waals surface area (Å²) in [6.07, 6.45) is 10.5. The van der Waals surface area contributed by atoms with Gasteiger partial charge in [-0.15, -0.1) is 0 Å². The maximum absolute atomic E-state index is 12.5. The number of aromatic nitrogens is 2. The lowest BCUT2D eigenvalue weighted by Gasteiger charge is -2.60. The standard InChI is InChI=1S/C18H27N3O2/c1-13(11-21-4-2-3-19-21)20-16(22)10-17-6-14-5-15(7-17)9-18(23,8-14)12-17/h2-4,13-15,23H,5-12H2,1H3,(H,20,22)/t13-,14-,15-,17?,18?/m1/s1. The normalized spacial score (nSPS) is 39.4. The minimum atomic E-state index is -0.481. The van der Waals surface area contributed by atoms with Crippen molar-refractivity contribution in [1.82, 2.24) is 15.1 Å². The molecule has 4 fully saturated rings. The summed E-state index contributed by atoms with van der Waals surface area (Å²) in [5, 5.41) is 18.1. The molecular formula is C18H27N3O2. The molecule has 2 N–H and O–H groups in total. The lowest BCUT2D eigenvalue weighted by Crippen LogP contribution is -2.56. The first-order valence-corrected chi connectivity index (χ1v) is 8.93. The van der Waals surface area contributed by atoms with E-state index in [1.54, 1.807) is 6.20 Å². The van der Waals surface area contributed by atoms with Gasteiger partial charge in [-0.05, 0) is 68.8 Å². The van der Waals surface area contributed by atoms with Gasteiger partial charge >= 0.3 is 0 Å². The van der Waals surface area contributed by atoms with Crippen LogP contribution in [0.4, 0.5) is 0 Å². The van der Waals surface area contributed by atoms with Crippen molar-refractivity contribution in [3.05, 3.63) is 18.5 Å². The Bertz CT molecular complexity index is 569. The number of carbonyl (C=O) groups excluding carboxylic acids is 1. The Morgan fingerprint density at radius 2 is 2.13 bits per heavy atom. The molecule has 0 aliphatic heterocycles. The second-order valence-electron chi connectivity index (χ2n) is 8.56. The summed E-state index contributed by atoms with van der Waals surface area (Å²) in [6.45, 7) is 2.72. The summed E-state index contributed by atoms with van der Waals surface area (Å²) in [5.74, 6) is 1.40. The quantitative estimate of drug-likeness (QED) is 0.874. The highest BCUT2D eigenvalue weighted by atomic mass is 16.3. The fourth-order valence-corrected chi connectivity index (χ4v) is 6.01. The molecule has 0 unspecified atom stereocenters. The zero-order chi connectivity index (χ0) is 16.1. The first-order chi connectivity index (χ1) is 10.9. The van der Waals surface area contributed by atoms with Crippen molar-refractivity contribution in [2.75, 3.05) is 0 Å². The van der Waals surface area contributed by atoms with Crippen molar-refractivity contribution in [3.8, 4) is 0 Å². The van der Waals surface area contributed by atoms with Gasteiger partial charge in [-0.1, -0.05) is 0 Å². The van der Waals surface area contributed by atoms with Crippen LogP contribution in [-0.4, -0.2) is 32.4 Å². The van der Waals surface area contributed by atoms with Crippen LogP contribution in [0.1, 0.15) is 51.9 Å². The Kier molecular flexibility index (Phi) is 3.52. The Morgan fingerprint density at radius 3 is 2.74 bits per heavy atom. The second-order valence-corrected chi connectivity index (χ2v) is 8.56. The van der Waals surface area contributed by atoms with Crippen LogP contribution in [0.5, 0.6) is 0 Å². The van der Waals surface area contributed by atoms with E-state index in [0.717, 1.165) is 32.1 Å². The van der Waals surface area contributed by atoms with Crippen molar-refractivity contribution < 1.29 is 9.90 Å². The Hall–Kier alpha value is -1.36. The molecule has 0 saturated heterocycles. The molecule has 4 saturated carbocycles. The molecule has 126 valence electrons. The summed E-state index contributed by atoms with van der Waals surface area (Å²) in [6, 6.07) is 1.96. The van der Waals surface area contributed by atoms with Crippen LogP contribution >= 0.6 is 0 Å². The number of amides is 1. The molecule has 1 heterocycles. The van der Waals surface area contributed by atoms with E-state index >= 15 is 0 Å². The number of carbonyl (C=O) groups is 1. The smallest absolute Gasteiger partial charge is 0.220 e. The maximum Gasteiger partial charge on any atom is 0.220 e. The SMILES string of the molecule is C[C@H](Cn1cccn1)NC(=O)CC12C[C@H]3C[C@@H](CC(O)(C3)C1)C2. The Labute approximate surface area is 137 Å². The third-order valence-electron chi connectivity index (χ3n) is 6.11. The maximum atomic E-state index is 12.5. The third-order valence-corrected chi connectivity index (χ3v) is 6.11. The molecule has 3 atom stereocenters. The highest BCUT2D eigenvalue weighted by Gasteiger charge is 2.57. The molecular weight excluding hydrogens is 290 g/mol. The summed E-state index contributed by atoms with van der Waals surface area (Å²) in [7, 11) is 0. The highest BCUT2D eigenvalue weighted by Crippen LogP contribution is 2.62. The van der Waals surface area contributed by atoms with Crippen LogP contribution < -0.4 is 5.32 Å². The predicted molar refractivity (Wildman–Crippen MR) is 86.5 cm³/mol. The van der Waals surface area contributed by atoms with Gasteiger partial charge in [-0.3, -0.25) is 9.48 Å². The fraction of sp³-hybridized carbons (Fsp3) is 0.778. The fourth-order valence-electron chi connectivity index (χ4n) is 6.01. The van der Waals surface area contributed by atoms with Crippen molar-refractivity contribution in [2.45, 2.75) is 70.1 Å². The molecule has 23 heavy (non-hydrogen) atoms. The number of rotatable bonds is 5. The van der Waals surface area contributed by atoms with E-state index in [4.69, 9.17) is 0 Å². The lowest BCUT2D eigenvalue weighted by atomic mass is 9.47. The number of nitrogens with one attached hydrogen (secondary N) is 1. The summed E-state index contributed by atoms with van der Waals surface area (Å²) in [5.41, 5.74) is -0.431. The predicted octanol–water partition coefficient (Wildman–Crippen LogP) is 2.11. The van der Waals surface area contributed by atoms with E-state index in [9.17, 15) is 9.90 Å². The van der Waals surface area contributed by atoms with Crippen LogP contribution in [0, 0.1) is 17.3 Å². The van der Waals surface area contributed by atoms with Crippen LogP contribution in [0.2, 0.25) is 0 Å². The van der Waals surface area contributed by atoms with Crippen LogP contribution in [0.15, 0.2) is 18.5 Å². The topological polar surface area (TPSA) is 67.2 Å². The lowest BCUT2D eigenvalue weighted by molar-refractivity contribution is -0.169.